The summed E-state index contributed by atoms with van der Waals surface area (Å²) in [7, 11) is 0. The average Bonchev–Trinajstić information content (AvgIpc) is 2.46. The van der Waals surface area contributed by atoms with Crippen molar-refractivity contribution >= 4 is 24.8 Å². The van der Waals surface area contributed by atoms with Gasteiger partial charge in [-0.25, -0.2) is 0 Å². The van der Waals surface area contributed by atoms with Gasteiger partial charge < -0.3 is 5.32 Å². The van der Waals surface area contributed by atoms with E-state index in [4.69, 9.17) is 0 Å². The summed E-state index contributed by atoms with van der Waals surface area (Å²) in [6, 6.07) is 9.78. The van der Waals surface area contributed by atoms with E-state index in [1.165, 1.54) is 49.9 Å². The van der Waals surface area contributed by atoms with E-state index in [1.54, 1.807) is 0 Å². The molecular formula is C17H30Cl2N2. The highest BCUT2D eigenvalue weighted by atomic mass is 35.5. The molecule has 0 radical (unpaired) electrons. The molecule has 0 bridgehead atoms. The third-order valence-electron chi connectivity index (χ3n) is 4.14. The van der Waals surface area contributed by atoms with E-state index in [1.807, 2.05) is 0 Å². The lowest BCUT2D eigenvalue weighted by Crippen LogP contribution is -2.45. The van der Waals surface area contributed by atoms with Crippen molar-refractivity contribution in [3.63, 3.8) is 0 Å². The molecule has 0 aliphatic carbocycles. The van der Waals surface area contributed by atoms with Crippen molar-refractivity contribution in [1.82, 2.24) is 10.2 Å². The Hall–Kier alpha value is -0.280. The van der Waals surface area contributed by atoms with Crippen molar-refractivity contribution in [3.05, 3.63) is 35.4 Å². The predicted octanol–water partition coefficient (Wildman–Crippen LogP) is 4.37. The topological polar surface area (TPSA) is 15.3 Å². The molecule has 1 N–H and O–H groups in total. The quantitative estimate of drug-likeness (QED) is 0.778. The average molecular weight is 333 g/mol. The third-order valence-corrected chi connectivity index (χ3v) is 4.14. The van der Waals surface area contributed by atoms with Gasteiger partial charge in [0.15, 0.2) is 0 Å². The molecule has 1 aliphatic rings. The van der Waals surface area contributed by atoms with Crippen LogP contribution < -0.4 is 5.32 Å². The Morgan fingerprint density at radius 3 is 2.24 bits per heavy atom. The van der Waals surface area contributed by atoms with Gasteiger partial charge in [-0.3, -0.25) is 4.90 Å². The zero-order chi connectivity index (χ0) is 13.5. The second-order valence-corrected chi connectivity index (χ2v) is 5.71. The number of piperazine rings is 1. The van der Waals surface area contributed by atoms with E-state index in [-0.39, 0.29) is 24.8 Å². The van der Waals surface area contributed by atoms with Gasteiger partial charge in [-0.15, -0.1) is 24.8 Å². The third kappa shape index (κ3) is 6.56. The lowest BCUT2D eigenvalue weighted by molar-refractivity contribution is 0.162. The first-order chi connectivity index (χ1) is 9.31. The lowest BCUT2D eigenvalue weighted by atomic mass is 9.97. The van der Waals surface area contributed by atoms with Crippen LogP contribution in [0.4, 0.5) is 0 Å². The largest absolute Gasteiger partial charge is 0.314 e. The molecule has 1 aromatic carbocycles. The van der Waals surface area contributed by atoms with E-state index in [2.05, 4.69) is 48.3 Å². The second kappa shape index (κ2) is 11.3. The first-order valence-electron chi connectivity index (χ1n) is 7.82. The van der Waals surface area contributed by atoms with Crippen molar-refractivity contribution in [2.24, 2.45) is 0 Å². The molecule has 1 heterocycles. The highest BCUT2D eigenvalue weighted by molar-refractivity contribution is 5.85. The smallest absolute Gasteiger partial charge is 0.0349 e. The van der Waals surface area contributed by atoms with E-state index >= 15 is 0 Å². The maximum Gasteiger partial charge on any atom is 0.0349 e. The molecule has 0 unspecified atom stereocenters. The Kier molecular flexibility index (Phi) is 11.2. The van der Waals surface area contributed by atoms with Crippen LogP contribution in [0.3, 0.4) is 0 Å². The van der Waals surface area contributed by atoms with Gasteiger partial charge in [0, 0.05) is 32.2 Å². The highest BCUT2D eigenvalue weighted by Crippen LogP contribution is 2.27. The molecular weight excluding hydrogens is 303 g/mol. The fourth-order valence-electron chi connectivity index (χ4n) is 2.93. The van der Waals surface area contributed by atoms with Crippen LogP contribution in [0.5, 0.6) is 0 Å². The molecule has 0 aromatic heterocycles. The first-order valence-corrected chi connectivity index (χ1v) is 7.82. The van der Waals surface area contributed by atoms with Crippen molar-refractivity contribution in [2.75, 3.05) is 26.2 Å². The number of nitrogens with zero attached hydrogens (tertiary/aromatic N) is 1. The van der Waals surface area contributed by atoms with Gasteiger partial charge in [0.25, 0.3) is 0 Å². The van der Waals surface area contributed by atoms with E-state index in [0.29, 0.717) is 6.04 Å². The normalized spacial score (nSPS) is 16.7. The summed E-state index contributed by atoms with van der Waals surface area (Å²) < 4.78 is 0. The zero-order valence-corrected chi connectivity index (χ0v) is 14.9. The standard InChI is InChI=1S/C17H28N2.2ClH/c1-3-4-5-6-17(19-13-11-18-12-14-19)16-9-7-15(2)8-10-16;;/h7-10,17-18H,3-6,11-14H2,1-2H3;2*1H/t17-;;/m1../s1. The maximum absolute atomic E-state index is 3.46. The molecule has 1 fully saturated rings. The molecule has 1 atom stereocenters. The van der Waals surface area contributed by atoms with Gasteiger partial charge >= 0.3 is 0 Å². The van der Waals surface area contributed by atoms with Gasteiger partial charge in [0.05, 0.1) is 0 Å². The Labute approximate surface area is 142 Å². The molecule has 2 nitrogen and oxygen atoms in total. The minimum atomic E-state index is 0. The first kappa shape index (κ1) is 20.7. The number of nitrogens with one attached hydrogen (secondary N) is 1. The van der Waals surface area contributed by atoms with Crippen LogP contribution in [0, 0.1) is 6.92 Å². The number of benzene rings is 1. The summed E-state index contributed by atoms with van der Waals surface area (Å²) in [5.41, 5.74) is 2.86. The predicted molar refractivity (Wildman–Crippen MR) is 97.0 cm³/mol. The summed E-state index contributed by atoms with van der Waals surface area (Å²) in [6.07, 6.45) is 5.31. The van der Waals surface area contributed by atoms with E-state index in [0.717, 1.165) is 13.1 Å². The van der Waals surface area contributed by atoms with Crippen LogP contribution in [0.1, 0.15) is 49.8 Å². The molecule has 0 spiro atoms. The van der Waals surface area contributed by atoms with Gasteiger partial charge in [0.2, 0.25) is 0 Å². The summed E-state index contributed by atoms with van der Waals surface area (Å²) in [4.78, 5) is 2.66. The number of unbranched alkanes of at least 4 members (excludes halogenated alkanes) is 2. The molecule has 1 saturated heterocycles. The lowest BCUT2D eigenvalue weighted by Gasteiger charge is -2.35. The SMILES string of the molecule is CCCCC[C@H](c1ccc(C)cc1)N1CCNCC1.Cl.Cl. The minimum absolute atomic E-state index is 0. The number of hydrogen-bond acceptors (Lipinski definition) is 2. The van der Waals surface area contributed by atoms with Crippen molar-refractivity contribution in [1.29, 1.82) is 0 Å². The van der Waals surface area contributed by atoms with Crippen LogP contribution in [-0.4, -0.2) is 31.1 Å². The fourth-order valence-corrected chi connectivity index (χ4v) is 2.93. The van der Waals surface area contributed by atoms with Crippen LogP contribution in [0.2, 0.25) is 0 Å². The Bertz CT molecular complexity index is 362. The summed E-state index contributed by atoms with van der Waals surface area (Å²) in [6.45, 7) is 9.09. The minimum Gasteiger partial charge on any atom is -0.314 e. The monoisotopic (exact) mass is 332 g/mol. The maximum atomic E-state index is 3.46. The number of halogens is 2. The van der Waals surface area contributed by atoms with Crippen LogP contribution in [-0.2, 0) is 0 Å². The van der Waals surface area contributed by atoms with Crippen molar-refractivity contribution in [3.8, 4) is 0 Å². The van der Waals surface area contributed by atoms with Gasteiger partial charge in [-0.05, 0) is 18.9 Å². The Balaban J connectivity index is 0.00000200. The molecule has 4 heteroatoms. The van der Waals surface area contributed by atoms with Crippen LogP contribution >= 0.6 is 24.8 Å². The molecule has 2 rings (SSSR count). The molecule has 122 valence electrons. The Morgan fingerprint density at radius 2 is 1.67 bits per heavy atom. The van der Waals surface area contributed by atoms with Gasteiger partial charge in [0.1, 0.15) is 0 Å². The zero-order valence-electron chi connectivity index (χ0n) is 13.3. The molecule has 0 amide bonds. The van der Waals surface area contributed by atoms with Gasteiger partial charge in [-0.2, -0.15) is 0 Å². The molecule has 21 heavy (non-hydrogen) atoms. The number of hydrogen-bond donors (Lipinski definition) is 1. The highest BCUT2D eigenvalue weighted by Gasteiger charge is 2.21. The second-order valence-electron chi connectivity index (χ2n) is 5.71. The molecule has 1 aliphatic heterocycles. The number of aryl methyl sites for hydroxylation is 1. The van der Waals surface area contributed by atoms with Crippen LogP contribution in [0.25, 0.3) is 0 Å². The van der Waals surface area contributed by atoms with E-state index < -0.39 is 0 Å². The Morgan fingerprint density at radius 1 is 1.05 bits per heavy atom. The number of rotatable bonds is 6. The summed E-state index contributed by atoms with van der Waals surface area (Å²) >= 11 is 0. The van der Waals surface area contributed by atoms with Crippen molar-refractivity contribution < 1.29 is 0 Å². The van der Waals surface area contributed by atoms with Crippen LogP contribution in [0.15, 0.2) is 24.3 Å². The van der Waals surface area contributed by atoms with Crippen molar-refractivity contribution in [2.45, 2.75) is 45.6 Å². The summed E-state index contributed by atoms with van der Waals surface area (Å²) in [5, 5.41) is 3.46. The van der Waals surface area contributed by atoms with E-state index in [9.17, 15) is 0 Å². The summed E-state index contributed by atoms with van der Waals surface area (Å²) in [5.74, 6) is 0. The molecule has 0 saturated carbocycles. The van der Waals surface area contributed by atoms with Gasteiger partial charge in [-0.1, -0.05) is 56.0 Å². The molecule has 1 aromatic rings. The fraction of sp³-hybridized carbons (Fsp3) is 0.647.